The summed E-state index contributed by atoms with van der Waals surface area (Å²) in [4.78, 5) is 4.07. The van der Waals surface area contributed by atoms with Crippen molar-refractivity contribution in [3.8, 4) is 0 Å². The summed E-state index contributed by atoms with van der Waals surface area (Å²) < 4.78 is 5.48. The van der Waals surface area contributed by atoms with Crippen molar-refractivity contribution in [1.29, 1.82) is 0 Å². The molecule has 1 atom stereocenters. The Kier molecular flexibility index (Phi) is 3.71. The van der Waals surface area contributed by atoms with E-state index in [1.54, 1.807) is 10.0 Å². The Hall–Kier alpha value is -1.07. The van der Waals surface area contributed by atoms with Crippen molar-refractivity contribution in [3.05, 3.63) is 11.8 Å². The van der Waals surface area contributed by atoms with Crippen molar-refractivity contribution in [2.75, 3.05) is 14.1 Å². The van der Waals surface area contributed by atoms with Gasteiger partial charge >= 0.3 is 0 Å². The highest BCUT2D eigenvalue weighted by Gasteiger charge is 2.22. The average Bonchev–Trinajstić information content (AvgIpc) is 2.09. The number of hydrazine groups is 1. The highest BCUT2D eigenvalue weighted by Crippen LogP contribution is 2.15. The standard InChI is InChI=1S/C10H19N3O2/c1-7(2)15-9-8(3)6-13(12(4)5)10(14)11-9/h6-7,10,14H,1-5H3. The SMILES string of the molecule is CC1=CN(N(C)C)C(O)N=C1OC(C)C. The highest BCUT2D eigenvalue weighted by atomic mass is 16.5. The fourth-order valence-electron chi connectivity index (χ4n) is 1.25. The van der Waals surface area contributed by atoms with E-state index < -0.39 is 6.35 Å². The molecule has 0 fully saturated rings. The summed E-state index contributed by atoms with van der Waals surface area (Å²) in [6.45, 7) is 5.77. The number of aliphatic imine (C=N–C) groups is 1. The van der Waals surface area contributed by atoms with E-state index in [0.29, 0.717) is 5.90 Å². The zero-order chi connectivity index (χ0) is 11.6. The van der Waals surface area contributed by atoms with Gasteiger partial charge in [-0.1, -0.05) is 0 Å². The first-order valence-corrected chi connectivity index (χ1v) is 4.98. The number of hydrogen-bond acceptors (Lipinski definition) is 5. The maximum atomic E-state index is 9.71. The van der Waals surface area contributed by atoms with Gasteiger partial charge in [0.15, 0.2) is 0 Å². The molecule has 0 radical (unpaired) electrons. The minimum Gasteiger partial charge on any atom is -0.475 e. The third-order valence-corrected chi connectivity index (χ3v) is 1.94. The van der Waals surface area contributed by atoms with Crippen LogP contribution < -0.4 is 0 Å². The monoisotopic (exact) mass is 213 g/mol. The summed E-state index contributed by atoms with van der Waals surface area (Å²) in [6, 6.07) is 0. The van der Waals surface area contributed by atoms with E-state index in [-0.39, 0.29) is 6.10 Å². The first-order valence-electron chi connectivity index (χ1n) is 4.98. The number of nitrogens with zero attached hydrogens (tertiary/aromatic N) is 3. The summed E-state index contributed by atoms with van der Waals surface area (Å²) in [5.41, 5.74) is 0.905. The van der Waals surface area contributed by atoms with Gasteiger partial charge in [0.25, 0.3) is 0 Å². The second-order valence-corrected chi connectivity index (χ2v) is 3.99. The average molecular weight is 213 g/mol. The van der Waals surface area contributed by atoms with Crippen LogP contribution in [0.25, 0.3) is 0 Å². The molecule has 0 saturated heterocycles. The molecule has 15 heavy (non-hydrogen) atoms. The zero-order valence-electron chi connectivity index (χ0n) is 9.93. The number of aliphatic hydroxyl groups excluding tert-OH is 1. The van der Waals surface area contributed by atoms with Crippen LogP contribution in [0.3, 0.4) is 0 Å². The van der Waals surface area contributed by atoms with Gasteiger partial charge in [-0.2, -0.15) is 4.99 Å². The van der Waals surface area contributed by atoms with E-state index in [0.717, 1.165) is 5.57 Å². The second kappa shape index (κ2) is 4.63. The predicted molar refractivity (Wildman–Crippen MR) is 58.9 cm³/mol. The smallest absolute Gasteiger partial charge is 0.242 e. The Morgan fingerprint density at radius 1 is 1.53 bits per heavy atom. The first-order chi connectivity index (χ1) is 6.91. The molecule has 1 aliphatic heterocycles. The lowest BCUT2D eigenvalue weighted by Crippen LogP contribution is -2.43. The van der Waals surface area contributed by atoms with Gasteiger partial charge < -0.3 is 9.84 Å². The van der Waals surface area contributed by atoms with E-state index in [2.05, 4.69) is 4.99 Å². The minimum absolute atomic E-state index is 0.0604. The molecular formula is C10H19N3O2. The molecule has 5 heteroatoms. The van der Waals surface area contributed by atoms with Crippen molar-refractivity contribution in [3.63, 3.8) is 0 Å². The lowest BCUT2D eigenvalue weighted by atomic mass is 10.3. The van der Waals surface area contributed by atoms with Crippen molar-refractivity contribution in [1.82, 2.24) is 10.0 Å². The molecule has 1 aliphatic rings. The highest BCUT2D eigenvalue weighted by molar-refractivity contribution is 5.93. The Morgan fingerprint density at radius 2 is 2.13 bits per heavy atom. The predicted octanol–water partition coefficient (Wildman–Crippen LogP) is 0.782. The Labute approximate surface area is 90.6 Å². The maximum Gasteiger partial charge on any atom is 0.242 e. The van der Waals surface area contributed by atoms with Gasteiger partial charge in [0, 0.05) is 25.9 Å². The van der Waals surface area contributed by atoms with Gasteiger partial charge in [0.2, 0.25) is 12.2 Å². The molecule has 0 spiro atoms. The molecule has 0 aromatic carbocycles. The van der Waals surface area contributed by atoms with Crippen LogP contribution in [-0.2, 0) is 4.74 Å². The molecule has 1 rings (SSSR count). The molecule has 0 saturated carbocycles. The molecule has 0 bridgehead atoms. The largest absolute Gasteiger partial charge is 0.475 e. The lowest BCUT2D eigenvalue weighted by molar-refractivity contribution is -0.0753. The molecular weight excluding hydrogens is 194 g/mol. The summed E-state index contributed by atoms with van der Waals surface area (Å²) in [5, 5.41) is 13.1. The fourth-order valence-corrected chi connectivity index (χ4v) is 1.25. The molecule has 1 N–H and O–H groups in total. The maximum absolute atomic E-state index is 9.71. The fraction of sp³-hybridized carbons (Fsp3) is 0.700. The van der Waals surface area contributed by atoms with E-state index in [1.165, 1.54) is 0 Å². The molecule has 0 aromatic rings. The van der Waals surface area contributed by atoms with Crippen LogP contribution in [0.1, 0.15) is 20.8 Å². The summed E-state index contributed by atoms with van der Waals surface area (Å²) in [6.07, 6.45) is 0.970. The first kappa shape index (κ1) is 12.0. The van der Waals surface area contributed by atoms with Crippen LogP contribution in [0.4, 0.5) is 0 Å². The van der Waals surface area contributed by atoms with Gasteiger partial charge in [-0.05, 0) is 20.8 Å². The van der Waals surface area contributed by atoms with Crippen LogP contribution >= 0.6 is 0 Å². The van der Waals surface area contributed by atoms with E-state index in [1.807, 2.05) is 41.1 Å². The van der Waals surface area contributed by atoms with Gasteiger partial charge in [0.05, 0.1) is 6.10 Å². The lowest BCUT2D eigenvalue weighted by Gasteiger charge is -2.33. The van der Waals surface area contributed by atoms with Crippen molar-refractivity contribution in [2.24, 2.45) is 4.99 Å². The van der Waals surface area contributed by atoms with Gasteiger partial charge in [-0.25, -0.2) is 5.01 Å². The van der Waals surface area contributed by atoms with Crippen LogP contribution in [-0.4, -0.2) is 47.6 Å². The van der Waals surface area contributed by atoms with E-state index in [9.17, 15) is 5.11 Å². The second-order valence-electron chi connectivity index (χ2n) is 3.99. The number of hydrogen-bond donors (Lipinski definition) is 1. The normalized spacial score (nSPS) is 21.9. The van der Waals surface area contributed by atoms with Crippen molar-refractivity contribution < 1.29 is 9.84 Å². The van der Waals surface area contributed by atoms with Crippen LogP contribution in [0.5, 0.6) is 0 Å². The molecule has 1 heterocycles. The molecule has 1 unspecified atom stereocenters. The third kappa shape index (κ3) is 2.94. The van der Waals surface area contributed by atoms with Gasteiger partial charge in [0.1, 0.15) is 0 Å². The summed E-state index contributed by atoms with van der Waals surface area (Å²) in [5.74, 6) is 0.510. The van der Waals surface area contributed by atoms with Gasteiger partial charge in [-0.3, -0.25) is 5.01 Å². The van der Waals surface area contributed by atoms with Crippen molar-refractivity contribution >= 4 is 5.90 Å². The van der Waals surface area contributed by atoms with Crippen LogP contribution in [0, 0.1) is 0 Å². The number of aliphatic hydroxyl groups is 1. The Balaban J connectivity index is 2.80. The Bertz CT molecular complexity index is 284. The molecule has 0 aliphatic carbocycles. The Morgan fingerprint density at radius 3 is 2.60 bits per heavy atom. The molecule has 86 valence electrons. The number of rotatable bonds is 2. The van der Waals surface area contributed by atoms with Crippen LogP contribution in [0.15, 0.2) is 16.8 Å². The summed E-state index contributed by atoms with van der Waals surface area (Å²) in [7, 11) is 3.69. The topological polar surface area (TPSA) is 48.3 Å². The van der Waals surface area contributed by atoms with E-state index in [4.69, 9.17) is 4.74 Å². The molecule has 0 aromatic heterocycles. The quantitative estimate of drug-likeness (QED) is 0.736. The zero-order valence-corrected chi connectivity index (χ0v) is 9.93. The van der Waals surface area contributed by atoms with Gasteiger partial charge in [-0.15, -0.1) is 0 Å². The number of ether oxygens (including phenoxy) is 1. The van der Waals surface area contributed by atoms with Crippen molar-refractivity contribution in [2.45, 2.75) is 33.2 Å². The van der Waals surface area contributed by atoms with E-state index >= 15 is 0 Å². The molecule has 5 nitrogen and oxygen atoms in total. The van der Waals surface area contributed by atoms with Crippen LogP contribution in [0.2, 0.25) is 0 Å². The third-order valence-electron chi connectivity index (χ3n) is 1.94. The molecule has 0 amide bonds. The minimum atomic E-state index is -0.905. The summed E-state index contributed by atoms with van der Waals surface area (Å²) >= 11 is 0.